The molecule has 0 radical (unpaired) electrons. The van der Waals surface area contributed by atoms with E-state index in [1.807, 2.05) is 13.0 Å². The highest BCUT2D eigenvalue weighted by Crippen LogP contribution is 2.34. The van der Waals surface area contributed by atoms with Crippen molar-refractivity contribution in [3.05, 3.63) is 17.7 Å². The van der Waals surface area contributed by atoms with Crippen molar-refractivity contribution in [1.29, 1.82) is 0 Å². The Morgan fingerprint density at radius 2 is 1.85 bits per heavy atom. The first kappa shape index (κ1) is 16.5. The topological polar surface area (TPSA) is 91.3 Å². The van der Waals surface area contributed by atoms with Crippen LogP contribution >= 0.6 is 11.8 Å². The molecule has 0 saturated carbocycles. The molecule has 7 nitrogen and oxygen atoms in total. The van der Waals surface area contributed by atoms with Crippen LogP contribution in [0.3, 0.4) is 0 Å². The molecule has 1 N–H and O–H groups in total. The quantitative estimate of drug-likeness (QED) is 0.288. The summed E-state index contributed by atoms with van der Waals surface area (Å²) in [6, 6.07) is 3.50. The highest BCUT2D eigenvalue weighted by Gasteiger charge is 2.08. The number of ether oxygens (including phenoxy) is 2. The normalized spacial score (nSPS) is 10.4. The zero-order valence-electron chi connectivity index (χ0n) is 10.9. The lowest BCUT2D eigenvalue weighted by Gasteiger charge is -2.10. The van der Waals surface area contributed by atoms with Gasteiger partial charge in [0.25, 0.3) is 0 Å². The lowest BCUT2D eigenvalue weighted by Crippen LogP contribution is -2.01. The smallest absolute Gasteiger partial charge is 0.433 e. The maximum atomic E-state index is 10.2. The number of aryl methyl sites for hydroxylation is 1. The molecular formula is C11H12O7S2. The summed E-state index contributed by atoms with van der Waals surface area (Å²) in [4.78, 5) is 4.63. The van der Waals surface area contributed by atoms with Crippen molar-refractivity contribution in [2.45, 2.75) is 11.8 Å². The number of hydrogen-bond donors (Lipinski definition) is 1. The molecule has 1 rings (SSSR count). The Bertz CT molecular complexity index is 628. The van der Waals surface area contributed by atoms with Gasteiger partial charge in [0.15, 0.2) is 6.11 Å². The van der Waals surface area contributed by atoms with Crippen molar-refractivity contribution >= 4 is 22.2 Å². The van der Waals surface area contributed by atoms with Gasteiger partial charge in [-0.15, -0.1) is 0 Å². The second-order valence-corrected chi connectivity index (χ2v) is 5.20. The van der Waals surface area contributed by atoms with Crippen LogP contribution in [0.25, 0.3) is 0 Å². The largest absolute Gasteiger partial charge is 0.496 e. The van der Waals surface area contributed by atoms with Crippen molar-refractivity contribution in [2.24, 2.45) is 0 Å². The number of rotatable bonds is 5. The van der Waals surface area contributed by atoms with Crippen molar-refractivity contribution < 1.29 is 31.7 Å². The van der Waals surface area contributed by atoms with Crippen molar-refractivity contribution in [1.82, 2.24) is 0 Å². The van der Waals surface area contributed by atoms with Crippen LogP contribution < -0.4 is 9.47 Å². The van der Waals surface area contributed by atoms with E-state index in [4.69, 9.17) is 14.0 Å². The molecule has 0 aliphatic rings. The average Bonchev–Trinajstić information content (AvgIpc) is 2.38. The van der Waals surface area contributed by atoms with E-state index in [2.05, 4.69) is 14.5 Å². The summed E-state index contributed by atoms with van der Waals surface area (Å²) in [6.45, 7) is 1.87. The monoisotopic (exact) mass is 320 g/mol. The standard InChI is InChI=1S/C11H12O7S2/c1-8-6-10(16-3)11(7-9(8)15-2)19-5-4-17-18-20(12,13)14/h6-7H,1-3H3,(H,12,13,14). The van der Waals surface area contributed by atoms with Gasteiger partial charge in [0.1, 0.15) is 11.5 Å². The Hall–Kier alpha value is -1.60. The predicted molar refractivity (Wildman–Crippen MR) is 71.6 cm³/mol. The molecule has 0 spiro atoms. The summed E-state index contributed by atoms with van der Waals surface area (Å²) >= 11 is 1.01. The molecule has 0 amide bonds. The van der Waals surface area contributed by atoms with E-state index < -0.39 is 10.4 Å². The third-order valence-corrected chi connectivity index (χ3v) is 3.01. The van der Waals surface area contributed by atoms with Gasteiger partial charge in [0, 0.05) is 5.25 Å². The average molecular weight is 320 g/mol. The minimum absolute atomic E-state index is 0.582. The van der Waals surface area contributed by atoms with Crippen molar-refractivity contribution in [3.63, 3.8) is 0 Å². The van der Waals surface area contributed by atoms with Crippen LogP contribution in [0.5, 0.6) is 11.5 Å². The molecule has 0 atom stereocenters. The van der Waals surface area contributed by atoms with E-state index >= 15 is 0 Å². The van der Waals surface area contributed by atoms with Crippen LogP contribution in [0, 0.1) is 18.3 Å². The fourth-order valence-electron chi connectivity index (χ4n) is 1.25. The lowest BCUT2D eigenvalue weighted by atomic mass is 10.2. The first-order valence-electron chi connectivity index (χ1n) is 5.09. The Kier molecular flexibility index (Phi) is 5.97. The Morgan fingerprint density at radius 3 is 2.40 bits per heavy atom. The molecule has 1 aromatic carbocycles. The van der Waals surface area contributed by atoms with Crippen molar-refractivity contribution in [2.75, 3.05) is 14.2 Å². The molecule has 1 aromatic rings. The van der Waals surface area contributed by atoms with Crippen LogP contribution in [-0.4, -0.2) is 27.2 Å². The fraction of sp³-hybridized carbons (Fsp3) is 0.273. The maximum absolute atomic E-state index is 10.2. The van der Waals surface area contributed by atoms with Crippen LogP contribution in [0.4, 0.5) is 0 Å². The zero-order valence-corrected chi connectivity index (χ0v) is 12.5. The molecule has 0 bridgehead atoms. The number of thioether (sulfide) groups is 1. The molecule has 20 heavy (non-hydrogen) atoms. The van der Waals surface area contributed by atoms with E-state index in [-0.39, 0.29) is 0 Å². The second kappa shape index (κ2) is 7.25. The van der Waals surface area contributed by atoms with Crippen LogP contribution in [-0.2, 0) is 19.6 Å². The van der Waals surface area contributed by atoms with Gasteiger partial charge in [-0.2, -0.15) is 8.42 Å². The van der Waals surface area contributed by atoms with Crippen LogP contribution in [0.2, 0.25) is 0 Å². The molecule has 0 saturated heterocycles. The molecule has 9 heteroatoms. The van der Waals surface area contributed by atoms with Gasteiger partial charge in [-0.3, -0.25) is 9.44 Å². The Balaban J connectivity index is 2.79. The highest BCUT2D eigenvalue weighted by atomic mass is 32.3. The molecule has 0 aliphatic heterocycles. The van der Waals surface area contributed by atoms with Gasteiger partial charge in [0.2, 0.25) is 0 Å². The predicted octanol–water partition coefficient (Wildman–Crippen LogP) is 1.77. The van der Waals surface area contributed by atoms with Gasteiger partial charge in [0.05, 0.1) is 19.1 Å². The maximum Gasteiger partial charge on any atom is 0.433 e. The summed E-state index contributed by atoms with van der Waals surface area (Å²) in [5.74, 6) is 1.24. The summed E-state index contributed by atoms with van der Waals surface area (Å²) in [7, 11) is -1.63. The first-order chi connectivity index (χ1) is 9.37. The number of hydrogen-bond acceptors (Lipinski definition) is 7. The summed E-state index contributed by atoms with van der Waals surface area (Å²) in [5.41, 5.74) is 0.896. The molecule has 0 unspecified atom stereocenters. The van der Waals surface area contributed by atoms with E-state index in [0.717, 1.165) is 17.3 Å². The second-order valence-electron chi connectivity index (χ2n) is 3.36. The molecule has 0 heterocycles. The summed E-state index contributed by atoms with van der Waals surface area (Å²) in [5, 5.41) is 2.43. The number of benzene rings is 1. The van der Waals surface area contributed by atoms with E-state index in [1.165, 1.54) is 14.2 Å². The highest BCUT2D eigenvalue weighted by molar-refractivity contribution is 8.04. The van der Waals surface area contributed by atoms with E-state index in [9.17, 15) is 8.42 Å². The fourth-order valence-corrected chi connectivity index (χ4v) is 1.97. The minimum atomic E-state index is -4.68. The van der Waals surface area contributed by atoms with E-state index in [0.29, 0.717) is 16.4 Å². The lowest BCUT2D eigenvalue weighted by molar-refractivity contribution is -0.135. The van der Waals surface area contributed by atoms with Gasteiger partial charge >= 0.3 is 10.4 Å². The van der Waals surface area contributed by atoms with Crippen LogP contribution in [0.1, 0.15) is 5.56 Å². The minimum Gasteiger partial charge on any atom is -0.496 e. The SMILES string of the molecule is COc1cc(SC#COOS(=O)(=O)O)c(OC)cc1C. The Labute approximate surface area is 121 Å². The van der Waals surface area contributed by atoms with E-state index in [1.54, 1.807) is 12.1 Å². The Morgan fingerprint density at radius 1 is 1.20 bits per heavy atom. The summed E-state index contributed by atoms with van der Waals surface area (Å²) in [6.07, 6.45) is 1.95. The third-order valence-electron chi connectivity index (χ3n) is 2.05. The van der Waals surface area contributed by atoms with Gasteiger partial charge in [-0.05, 0) is 40.7 Å². The third kappa shape index (κ3) is 5.18. The van der Waals surface area contributed by atoms with Crippen molar-refractivity contribution in [3.8, 4) is 22.9 Å². The van der Waals surface area contributed by atoms with Crippen LogP contribution in [0.15, 0.2) is 17.0 Å². The molecule has 110 valence electrons. The summed E-state index contributed by atoms with van der Waals surface area (Å²) < 4.78 is 42.5. The molecule has 0 aliphatic carbocycles. The van der Waals surface area contributed by atoms with Gasteiger partial charge in [-0.25, -0.2) is 0 Å². The number of methoxy groups -OCH3 is 2. The van der Waals surface area contributed by atoms with Gasteiger partial charge in [-0.1, -0.05) is 0 Å². The zero-order chi connectivity index (χ0) is 15.2. The molecular weight excluding hydrogens is 308 g/mol. The first-order valence-corrected chi connectivity index (χ1v) is 7.27. The molecule has 0 fully saturated rings. The van der Waals surface area contributed by atoms with Gasteiger partial charge < -0.3 is 9.47 Å². The molecule has 0 aromatic heterocycles.